The Morgan fingerprint density at radius 1 is 1.21 bits per heavy atom. The fourth-order valence-electron chi connectivity index (χ4n) is 3.45. The van der Waals surface area contributed by atoms with Crippen molar-refractivity contribution in [3.8, 4) is 0 Å². The minimum Gasteiger partial charge on any atom is -0.338 e. The third-order valence-electron chi connectivity index (χ3n) is 5.45. The first kappa shape index (κ1) is 22.8. The second kappa shape index (κ2) is 8.93. The highest BCUT2D eigenvalue weighted by molar-refractivity contribution is 6.05. The zero-order valence-electron chi connectivity index (χ0n) is 16.9. The molecule has 0 aromatic heterocycles. The molecule has 7 heteroatoms. The zero-order valence-corrected chi connectivity index (χ0v) is 17.7. The van der Waals surface area contributed by atoms with Crippen molar-refractivity contribution in [2.45, 2.75) is 33.2 Å². The largest absolute Gasteiger partial charge is 0.338 e. The monoisotopic (exact) mass is 419 g/mol. The van der Waals surface area contributed by atoms with Gasteiger partial charge in [0, 0.05) is 30.4 Å². The predicted octanol–water partition coefficient (Wildman–Crippen LogP) is 4.01. The van der Waals surface area contributed by atoms with Crippen LogP contribution in [0.15, 0.2) is 42.5 Å². The number of amides is 2. The number of carbonyl (C=O) groups is 2. The molecule has 3 N–H and O–H groups in total. The van der Waals surface area contributed by atoms with E-state index in [4.69, 9.17) is 5.73 Å². The Morgan fingerprint density at radius 2 is 1.90 bits per heavy atom. The maximum absolute atomic E-state index is 13.9. The maximum Gasteiger partial charge on any atom is 0.258 e. The van der Waals surface area contributed by atoms with Crippen molar-refractivity contribution in [1.82, 2.24) is 4.90 Å². The van der Waals surface area contributed by atoms with Crippen LogP contribution in [0.1, 0.15) is 46.5 Å². The first-order valence-corrected chi connectivity index (χ1v) is 9.40. The van der Waals surface area contributed by atoms with Gasteiger partial charge in [-0.05, 0) is 48.6 Å². The Hall–Kier alpha value is -2.44. The molecule has 1 atom stereocenters. The third kappa shape index (κ3) is 4.95. The van der Waals surface area contributed by atoms with E-state index in [0.717, 1.165) is 12.0 Å². The summed E-state index contributed by atoms with van der Waals surface area (Å²) in [5.74, 6) is -1.23. The molecule has 0 saturated carbocycles. The van der Waals surface area contributed by atoms with E-state index in [2.05, 4.69) is 19.2 Å². The number of nitrogens with zero attached hydrogens (tertiary/aromatic N) is 1. The van der Waals surface area contributed by atoms with E-state index in [-0.39, 0.29) is 35.3 Å². The highest BCUT2D eigenvalue weighted by Gasteiger charge is 2.35. The number of halogens is 2. The molecule has 0 aliphatic carbocycles. The van der Waals surface area contributed by atoms with Crippen molar-refractivity contribution in [3.63, 3.8) is 0 Å². The van der Waals surface area contributed by atoms with E-state index in [0.29, 0.717) is 24.3 Å². The van der Waals surface area contributed by atoms with Crippen LogP contribution in [-0.4, -0.2) is 35.8 Å². The van der Waals surface area contributed by atoms with Crippen LogP contribution < -0.4 is 11.1 Å². The van der Waals surface area contributed by atoms with Gasteiger partial charge in [-0.15, -0.1) is 12.4 Å². The molecular formula is C22H27ClFN3O2. The lowest BCUT2D eigenvalue weighted by Gasteiger charge is -2.42. The minimum atomic E-state index is -0.586. The van der Waals surface area contributed by atoms with E-state index in [9.17, 15) is 14.0 Å². The number of likely N-dealkylation sites (tertiary alicyclic amines) is 1. The van der Waals surface area contributed by atoms with Gasteiger partial charge in [0.2, 0.25) is 0 Å². The van der Waals surface area contributed by atoms with E-state index in [1.807, 2.05) is 6.92 Å². The molecule has 0 radical (unpaired) electrons. The first-order chi connectivity index (χ1) is 13.2. The van der Waals surface area contributed by atoms with Crippen molar-refractivity contribution in [2.24, 2.45) is 11.1 Å². The number of anilines is 1. The average molecular weight is 420 g/mol. The van der Waals surface area contributed by atoms with E-state index in [1.165, 1.54) is 18.2 Å². The molecule has 1 fully saturated rings. The van der Waals surface area contributed by atoms with Crippen LogP contribution in [-0.2, 0) is 0 Å². The Labute approximate surface area is 176 Å². The van der Waals surface area contributed by atoms with Crippen LogP contribution >= 0.6 is 12.4 Å². The molecule has 29 heavy (non-hydrogen) atoms. The Kier molecular flexibility index (Phi) is 7.03. The van der Waals surface area contributed by atoms with E-state index >= 15 is 0 Å². The number of nitrogens with two attached hydrogens (primary N) is 1. The van der Waals surface area contributed by atoms with Gasteiger partial charge in [0.05, 0.1) is 5.56 Å². The van der Waals surface area contributed by atoms with Crippen molar-refractivity contribution in [3.05, 3.63) is 65.0 Å². The van der Waals surface area contributed by atoms with Crippen LogP contribution in [0, 0.1) is 18.2 Å². The topological polar surface area (TPSA) is 75.4 Å². The first-order valence-electron chi connectivity index (χ1n) is 9.40. The fourth-order valence-corrected chi connectivity index (χ4v) is 3.45. The Morgan fingerprint density at radius 3 is 2.55 bits per heavy atom. The van der Waals surface area contributed by atoms with Crippen LogP contribution in [0.25, 0.3) is 0 Å². The van der Waals surface area contributed by atoms with Crippen LogP contribution in [0.4, 0.5) is 10.1 Å². The molecule has 1 unspecified atom stereocenters. The Bertz CT molecular complexity index is 917. The number of benzene rings is 2. The number of nitrogens with one attached hydrogen (secondary N) is 1. The summed E-state index contributed by atoms with van der Waals surface area (Å²) < 4.78 is 13.9. The molecule has 2 aromatic carbocycles. The molecular weight excluding hydrogens is 393 g/mol. The number of aryl methyl sites for hydroxylation is 1. The molecule has 1 saturated heterocycles. The number of rotatable bonds is 3. The lowest BCUT2D eigenvalue weighted by molar-refractivity contribution is 0.0533. The van der Waals surface area contributed by atoms with Gasteiger partial charge in [-0.25, -0.2) is 4.39 Å². The summed E-state index contributed by atoms with van der Waals surface area (Å²) in [6.07, 6.45) is 0.751. The highest BCUT2D eigenvalue weighted by Crippen LogP contribution is 2.29. The van der Waals surface area contributed by atoms with Gasteiger partial charge in [-0.1, -0.05) is 32.0 Å². The van der Waals surface area contributed by atoms with Crippen LogP contribution in [0.5, 0.6) is 0 Å². The van der Waals surface area contributed by atoms with Gasteiger partial charge in [0.25, 0.3) is 11.8 Å². The smallest absolute Gasteiger partial charge is 0.258 e. The Balaban J connectivity index is 0.00000300. The van der Waals surface area contributed by atoms with Crippen molar-refractivity contribution in [2.75, 3.05) is 18.4 Å². The van der Waals surface area contributed by atoms with Gasteiger partial charge in [0.1, 0.15) is 5.82 Å². The van der Waals surface area contributed by atoms with Crippen molar-refractivity contribution < 1.29 is 14.0 Å². The third-order valence-corrected chi connectivity index (χ3v) is 5.45. The summed E-state index contributed by atoms with van der Waals surface area (Å²) in [5, 5.41) is 2.72. The molecule has 5 nitrogen and oxygen atoms in total. The van der Waals surface area contributed by atoms with Crippen molar-refractivity contribution in [1.29, 1.82) is 0 Å². The molecule has 1 aliphatic heterocycles. The molecule has 1 heterocycles. The lowest BCUT2D eigenvalue weighted by Crippen LogP contribution is -2.54. The second-order valence-corrected chi connectivity index (χ2v) is 8.07. The summed E-state index contributed by atoms with van der Waals surface area (Å²) in [5.41, 5.74) is 7.75. The lowest BCUT2D eigenvalue weighted by atomic mass is 9.79. The number of hydrogen-bond donors (Lipinski definition) is 2. The molecule has 0 bridgehead atoms. The van der Waals surface area contributed by atoms with Gasteiger partial charge in [-0.3, -0.25) is 9.59 Å². The van der Waals surface area contributed by atoms with Gasteiger partial charge in [0.15, 0.2) is 0 Å². The fraction of sp³-hybridized carbons (Fsp3) is 0.364. The summed E-state index contributed by atoms with van der Waals surface area (Å²) in [6.45, 7) is 7.14. The quantitative estimate of drug-likeness (QED) is 0.789. The minimum absolute atomic E-state index is 0. The standard InChI is InChI=1S/C22H26FN3O2.ClH/c1-14-8-9-15(21(28)26-11-10-19(24)22(2,3)13-26)12-18(14)25-20(27)16-6-4-5-7-17(16)23;/h4-9,12,19H,10-11,13,24H2,1-3H3,(H,25,27);1H. The predicted molar refractivity (Wildman–Crippen MR) is 115 cm³/mol. The number of carbonyl (C=O) groups excluding carboxylic acids is 2. The molecule has 2 aromatic rings. The highest BCUT2D eigenvalue weighted by atomic mass is 35.5. The van der Waals surface area contributed by atoms with Crippen molar-refractivity contribution >= 4 is 29.9 Å². The molecule has 3 rings (SSSR count). The van der Waals surface area contributed by atoms with Crippen LogP contribution in [0.3, 0.4) is 0 Å². The maximum atomic E-state index is 13.9. The van der Waals surface area contributed by atoms with E-state index in [1.54, 1.807) is 29.2 Å². The molecule has 1 aliphatic rings. The summed E-state index contributed by atoms with van der Waals surface area (Å²) >= 11 is 0. The molecule has 0 spiro atoms. The van der Waals surface area contributed by atoms with Gasteiger partial charge in [-0.2, -0.15) is 0 Å². The second-order valence-electron chi connectivity index (χ2n) is 8.07. The normalized spacial score (nSPS) is 18.0. The van der Waals surface area contributed by atoms with E-state index < -0.39 is 11.7 Å². The van der Waals surface area contributed by atoms with Gasteiger partial charge >= 0.3 is 0 Å². The SMILES string of the molecule is Cc1ccc(C(=O)N2CCC(N)C(C)(C)C2)cc1NC(=O)c1ccccc1F.Cl. The van der Waals surface area contributed by atoms with Crippen LogP contribution in [0.2, 0.25) is 0 Å². The summed E-state index contributed by atoms with van der Waals surface area (Å²) in [7, 11) is 0. The molecule has 156 valence electrons. The average Bonchev–Trinajstić information content (AvgIpc) is 2.65. The summed E-state index contributed by atoms with van der Waals surface area (Å²) in [6, 6.07) is 11.0. The number of piperidine rings is 1. The number of hydrogen-bond acceptors (Lipinski definition) is 3. The summed E-state index contributed by atoms with van der Waals surface area (Å²) in [4.78, 5) is 27.2. The van der Waals surface area contributed by atoms with Gasteiger partial charge < -0.3 is 16.0 Å². The zero-order chi connectivity index (χ0) is 20.5. The molecule has 2 amide bonds.